The molecule has 0 spiro atoms. The number of aliphatic hydroxyl groups excluding tert-OH is 1. The third-order valence-electron chi connectivity index (χ3n) is 3.83. The Morgan fingerprint density at radius 3 is 2.89 bits per heavy atom. The second-order valence-corrected chi connectivity index (χ2v) is 4.93. The molecule has 1 aromatic rings. The van der Waals surface area contributed by atoms with Crippen molar-refractivity contribution in [1.29, 1.82) is 0 Å². The molecular formula is C14H23N3O. The van der Waals surface area contributed by atoms with Gasteiger partial charge in [0.15, 0.2) is 0 Å². The molecule has 4 heteroatoms. The Hall–Kier alpha value is -0.970. The Kier molecular flexibility index (Phi) is 5.11. The van der Waals surface area contributed by atoms with E-state index in [-0.39, 0.29) is 6.61 Å². The Labute approximate surface area is 109 Å². The van der Waals surface area contributed by atoms with Crippen molar-refractivity contribution in [2.24, 2.45) is 5.73 Å². The van der Waals surface area contributed by atoms with Gasteiger partial charge in [-0.3, -0.25) is 9.88 Å². The Bertz CT molecular complexity index is 344. The molecule has 1 aliphatic rings. The summed E-state index contributed by atoms with van der Waals surface area (Å²) in [7, 11) is 0. The maximum absolute atomic E-state index is 8.97. The zero-order valence-corrected chi connectivity index (χ0v) is 10.8. The first-order valence-electron chi connectivity index (χ1n) is 6.83. The largest absolute Gasteiger partial charge is 0.396 e. The van der Waals surface area contributed by atoms with E-state index in [4.69, 9.17) is 10.8 Å². The first kappa shape index (κ1) is 13.5. The summed E-state index contributed by atoms with van der Waals surface area (Å²) in [4.78, 5) is 6.57. The molecule has 0 aliphatic carbocycles. The Morgan fingerprint density at radius 1 is 1.44 bits per heavy atom. The van der Waals surface area contributed by atoms with Gasteiger partial charge in [0.05, 0.1) is 0 Å². The summed E-state index contributed by atoms with van der Waals surface area (Å²) in [6.07, 6.45) is 8.07. The number of aromatic nitrogens is 1. The van der Waals surface area contributed by atoms with Crippen LogP contribution in [0.15, 0.2) is 24.5 Å². The van der Waals surface area contributed by atoms with Gasteiger partial charge in [0.1, 0.15) is 0 Å². The molecule has 100 valence electrons. The van der Waals surface area contributed by atoms with Crippen LogP contribution in [-0.4, -0.2) is 40.7 Å². The van der Waals surface area contributed by atoms with E-state index in [0.717, 1.165) is 19.4 Å². The quantitative estimate of drug-likeness (QED) is 0.798. The number of nitrogens with two attached hydrogens (primary N) is 1. The highest BCUT2D eigenvalue weighted by Gasteiger charge is 2.30. The predicted octanol–water partition coefficient (Wildman–Crippen LogP) is 1.32. The number of pyridine rings is 1. The number of likely N-dealkylation sites (tertiary alicyclic amines) is 1. The van der Waals surface area contributed by atoms with E-state index in [0.29, 0.717) is 18.6 Å². The van der Waals surface area contributed by atoms with E-state index in [1.165, 1.54) is 18.4 Å². The molecule has 18 heavy (non-hydrogen) atoms. The molecule has 1 aliphatic heterocycles. The van der Waals surface area contributed by atoms with Gasteiger partial charge in [0.2, 0.25) is 0 Å². The summed E-state index contributed by atoms with van der Waals surface area (Å²) in [5.41, 5.74) is 7.22. The zero-order chi connectivity index (χ0) is 12.8. The second kappa shape index (κ2) is 6.83. The van der Waals surface area contributed by atoms with Crippen LogP contribution >= 0.6 is 0 Å². The van der Waals surface area contributed by atoms with E-state index in [2.05, 4.69) is 22.0 Å². The highest BCUT2D eigenvalue weighted by atomic mass is 16.2. The topological polar surface area (TPSA) is 62.4 Å². The zero-order valence-electron chi connectivity index (χ0n) is 10.8. The predicted molar refractivity (Wildman–Crippen MR) is 72.1 cm³/mol. The third kappa shape index (κ3) is 3.07. The lowest BCUT2D eigenvalue weighted by Crippen LogP contribution is -2.37. The summed E-state index contributed by atoms with van der Waals surface area (Å²) >= 11 is 0. The van der Waals surface area contributed by atoms with E-state index in [1.54, 1.807) is 0 Å². The van der Waals surface area contributed by atoms with Gasteiger partial charge in [-0.05, 0) is 49.9 Å². The summed E-state index contributed by atoms with van der Waals surface area (Å²) in [6, 6.07) is 4.97. The second-order valence-electron chi connectivity index (χ2n) is 4.93. The van der Waals surface area contributed by atoms with Crippen molar-refractivity contribution < 1.29 is 5.11 Å². The Balaban J connectivity index is 2.07. The number of aliphatic hydroxyl groups is 1. The lowest BCUT2D eigenvalue weighted by Gasteiger charge is -2.32. The van der Waals surface area contributed by atoms with Gasteiger partial charge in [-0.25, -0.2) is 0 Å². The fourth-order valence-corrected chi connectivity index (χ4v) is 2.95. The number of hydrogen-bond acceptors (Lipinski definition) is 4. The van der Waals surface area contributed by atoms with E-state index >= 15 is 0 Å². The molecule has 1 fully saturated rings. The fraction of sp³-hybridized carbons (Fsp3) is 0.643. The van der Waals surface area contributed by atoms with Gasteiger partial charge in [0, 0.05) is 37.6 Å². The molecule has 2 heterocycles. The van der Waals surface area contributed by atoms with Crippen LogP contribution in [0.25, 0.3) is 0 Å². The highest BCUT2D eigenvalue weighted by Crippen LogP contribution is 2.30. The van der Waals surface area contributed by atoms with Crippen molar-refractivity contribution in [2.75, 3.05) is 19.7 Å². The van der Waals surface area contributed by atoms with Gasteiger partial charge in [-0.1, -0.05) is 0 Å². The number of hydrogen-bond donors (Lipinski definition) is 2. The highest BCUT2D eigenvalue weighted by molar-refractivity contribution is 5.16. The molecule has 0 amide bonds. The molecule has 4 nitrogen and oxygen atoms in total. The summed E-state index contributed by atoms with van der Waals surface area (Å²) < 4.78 is 0. The molecule has 0 bridgehead atoms. The third-order valence-corrected chi connectivity index (χ3v) is 3.83. The van der Waals surface area contributed by atoms with Gasteiger partial charge in [0.25, 0.3) is 0 Å². The van der Waals surface area contributed by atoms with Gasteiger partial charge < -0.3 is 10.8 Å². The van der Waals surface area contributed by atoms with Crippen molar-refractivity contribution in [3.63, 3.8) is 0 Å². The molecule has 1 saturated heterocycles. The summed E-state index contributed by atoms with van der Waals surface area (Å²) in [6.45, 7) is 2.03. The van der Waals surface area contributed by atoms with Crippen LogP contribution in [0.4, 0.5) is 0 Å². The molecule has 3 N–H and O–H groups in total. The Morgan fingerprint density at radius 2 is 2.22 bits per heavy atom. The lowest BCUT2D eigenvalue weighted by molar-refractivity contribution is 0.165. The van der Waals surface area contributed by atoms with Crippen LogP contribution in [0.5, 0.6) is 0 Å². The molecule has 2 unspecified atom stereocenters. The van der Waals surface area contributed by atoms with Crippen molar-refractivity contribution in [3.8, 4) is 0 Å². The monoisotopic (exact) mass is 249 g/mol. The minimum Gasteiger partial charge on any atom is -0.396 e. The molecule has 2 rings (SSSR count). The summed E-state index contributed by atoms with van der Waals surface area (Å²) in [5, 5.41) is 8.97. The average Bonchev–Trinajstić information content (AvgIpc) is 2.87. The number of nitrogens with zero attached hydrogens (tertiary/aromatic N) is 2. The van der Waals surface area contributed by atoms with E-state index in [1.807, 2.05) is 12.4 Å². The first-order chi connectivity index (χ1) is 8.86. The van der Waals surface area contributed by atoms with Crippen LogP contribution < -0.4 is 5.73 Å². The van der Waals surface area contributed by atoms with Crippen molar-refractivity contribution >= 4 is 0 Å². The minimum atomic E-state index is 0.285. The fourth-order valence-electron chi connectivity index (χ4n) is 2.95. The molecule has 0 radical (unpaired) electrons. The standard InChI is InChI=1S/C14H23N3O/c15-11-14(12-5-7-16-8-6-12)17-9-1-3-13(17)4-2-10-18/h5-8,13-14,18H,1-4,9-11,15H2. The first-order valence-corrected chi connectivity index (χ1v) is 6.83. The van der Waals surface area contributed by atoms with Crippen molar-refractivity contribution in [2.45, 2.75) is 37.8 Å². The summed E-state index contributed by atoms with van der Waals surface area (Å²) in [5.74, 6) is 0. The van der Waals surface area contributed by atoms with Crippen LogP contribution in [0, 0.1) is 0 Å². The normalized spacial score (nSPS) is 22.2. The maximum Gasteiger partial charge on any atom is 0.0474 e. The molecule has 2 atom stereocenters. The van der Waals surface area contributed by atoms with Crippen molar-refractivity contribution in [1.82, 2.24) is 9.88 Å². The SMILES string of the molecule is NCC(c1ccncc1)N1CCCC1CCCO. The van der Waals surface area contributed by atoms with E-state index < -0.39 is 0 Å². The van der Waals surface area contributed by atoms with Crippen molar-refractivity contribution in [3.05, 3.63) is 30.1 Å². The molecule has 0 aromatic carbocycles. The minimum absolute atomic E-state index is 0.285. The van der Waals surface area contributed by atoms with Gasteiger partial charge in [-0.15, -0.1) is 0 Å². The average molecular weight is 249 g/mol. The van der Waals surface area contributed by atoms with Crippen LogP contribution in [0.2, 0.25) is 0 Å². The van der Waals surface area contributed by atoms with Crippen LogP contribution in [0.1, 0.15) is 37.3 Å². The van der Waals surface area contributed by atoms with Crippen LogP contribution in [0.3, 0.4) is 0 Å². The van der Waals surface area contributed by atoms with Crippen LogP contribution in [-0.2, 0) is 0 Å². The molecule has 1 aromatic heterocycles. The lowest BCUT2D eigenvalue weighted by atomic mass is 10.0. The molecular weight excluding hydrogens is 226 g/mol. The van der Waals surface area contributed by atoms with E-state index in [9.17, 15) is 0 Å². The maximum atomic E-state index is 8.97. The van der Waals surface area contributed by atoms with Gasteiger partial charge in [-0.2, -0.15) is 0 Å². The molecule has 0 saturated carbocycles. The van der Waals surface area contributed by atoms with Gasteiger partial charge >= 0.3 is 0 Å². The number of rotatable bonds is 6. The smallest absolute Gasteiger partial charge is 0.0474 e.